The van der Waals surface area contributed by atoms with E-state index in [1.807, 2.05) is 29.5 Å². The van der Waals surface area contributed by atoms with Crippen LogP contribution in [0.1, 0.15) is 40.0 Å². The van der Waals surface area contributed by atoms with Gasteiger partial charge in [-0.05, 0) is 67.6 Å². The van der Waals surface area contributed by atoms with Gasteiger partial charge >= 0.3 is 6.03 Å². The minimum Gasteiger partial charge on any atom is -0.354 e. The summed E-state index contributed by atoms with van der Waals surface area (Å²) in [5, 5.41) is 9.85. The van der Waals surface area contributed by atoms with E-state index in [4.69, 9.17) is 15.0 Å². The highest BCUT2D eigenvalue weighted by molar-refractivity contribution is 7.16. The predicted molar refractivity (Wildman–Crippen MR) is 152 cm³/mol. The van der Waals surface area contributed by atoms with Crippen molar-refractivity contribution in [3.63, 3.8) is 0 Å². The van der Waals surface area contributed by atoms with Gasteiger partial charge in [-0.25, -0.2) is 9.78 Å². The number of anilines is 4. The molecular formula is C27H37N9OS. The first-order valence-corrected chi connectivity index (χ1v) is 14.7. The van der Waals surface area contributed by atoms with Crippen LogP contribution in [-0.4, -0.2) is 70.1 Å². The molecule has 2 aromatic heterocycles. The van der Waals surface area contributed by atoms with Crippen molar-refractivity contribution >= 4 is 51.1 Å². The Morgan fingerprint density at radius 3 is 2.68 bits per heavy atom. The van der Waals surface area contributed by atoms with Crippen LogP contribution < -0.4 is 20.9 Å². The molecule has 3 aliphatic carbocycles. The summed E-state index contributed by atoms with van der Waals surface area (Å²) in [6, 6.07) is 6.07. The Hall–Kier alpha value is -3.21. The standard InChI is InChI=1S/C27H37N9OS/c1-4-28-26(37)36-11-9-35(10-12-36)25-33-23(29-15-17-5-6-18-13-20(17)27(18,2)3)32-24(34-25)31-19-7-8-21-22(14-19)38-16-30-21/h7-8,14,16-18,20H,4-6,9-13,15H2,1-3H3,(H,28,37)(H2,29,31,32,33,34)/t17-,18?,20-/m0/s1. The number of rotatable bonds is 7. The molecule has 3 saturated carbocycles. The van der Waals surface area contributed by atoms with Crippen molar-refractivity contribution < 1.29 is 4.79 Å². The lowest BCUT2D eigenvalue weighted by atomic mass is 9.45. The second kappa shape index (κ2) is 10.2. The van der Waals surface area contributed by atoms with Crippen molar-refractivity contribution in [2.75, 3.05) is 54.8 Å². The van der Waals surface area contributed by atoms with E-state index in [9.17, 15) is 4.79 Å². The van der Waals surface area contributed by atoms with Crippen molar-refractivity contribution in [3.8, 4) is 0 Å². The second-order valence-electron chi connectivity index (χ2n) is 11.3. The van der Waals surface area contributed by atoms with Gasteiger partial charge in [0.05, 0.1) is 15.7 Å². The third-order valence-corrected chi connectivity index (χ3v) is 9.70. The van der Waals surface area contributed by atoms with Crippen molar-refractivity contribution in [2.24, 2.45) is 23.2 Å². The highest BCUT2D eigenvalue weighted by Crippen LogP contribution is 2.61. The lowest BCUT2D eigenvalue weighted by Crippen LogP contribution is -2.53. The van der Waals surface area contributed by atoms with Gasteiger partial charge in [0.1, 0.15) is 0 Å². The number of hydrogen-bond donors (Lipinski definition) is 3. The van der Waals surface area contributed by atoms with Gasteiger partial charge < -0.3 is 25.8 Å². The molecule has 1 unspecified atom stereocenters. The zero-order valence-corrected chi connectivity index (χ0v) is 23.2. The number of nitrogens with zero attached hydrogens (tertiary/aromatic N) is 6. The monoisotopic (exact) mass is 535 g/mol. The lowest BCUT2D eigenvalue weighted by molar-refractivity contribution is -0.100. The molecule has 3 aromatic rings. The van der Waals surface area contributed by atoms with E-state index in [2.05, 4.69) is 45.7 Å². The van der Waals surface area contributed by atoms with Crippen LogP contribution >= 0.6 is 11.3 Å². The second-order valence-corrected chi connectivity index (χ2v) is 12.2. The average Bonchev–Trinajstić information content (AvgIpc) is 3.40. The summed E-state index contributed by atoms with van der Waals surface area (Å²) in [5.41, 5.74) is 4.20. The normalized spacial score (nSPS) is 24.1. The van der Waals surface area contributed by atoms with E-state index in [0.717, 1.165) is 34.3 Å². The van der Waals surface area contributed by atoms with Gasteiger partial charge in [0.25, 0.3) is 0 Å². The van der Waals surface area contributed by atoms with Crippen LogP contribution in [0.15, 0.2) is 23.7 Å². The van der Waals surface area contributed by atoms with E-state index in [-0.39, 0.29) is 6.03 Å². The first-order chi connectivity index (χ1) is 18.4. The molecule has 2 amide bonds. The van der Waals surface area contributed by atoms with E-state index in [1.165, 1.54) is 19.3 Å². The smallest absolute Gasteiger partial charge is 0.317 e. The maximum Gasteiger partial charge on any atom is 0.317 e. The number of carbonyl (C=O) groups is 1. The summed E-state index contributed by atoms with van der Waals surface area (Å²) in [6.45, 7) is 10.9. The van der Waals surface area contributed by atoms with Crippen LogP contribution in [-0.2, 0) is 0 Å². The van der Waals surface area contributed by atoms with Crippen LogP contribution in [0.25, 0.3) is 10.2 Å². The number of thiazole rings is 1. The first kappa shape index (κ1) is 25.1. The third kappa shape index (κ3) is 4.83. The Bertz CT molecular complexity index is 1300. The summed E-state index contributed by atoms with van der Waals surface area (Å²) in [6.07, 6.45) is 3.94. The number of fused-ring (bicyclic) bond motifs is 3. The van der Waals surface area contributed by atoms with Crippen molar-refractivity contribution in [1.29, 1.82) is 0 Å². The molecule has 2 bridgehead atoms. The molecule has 11 heteroatoms. The van der Waals surface area contributed by atoms with Gasteiger partial charge in [-0.15, -0.1) is 11.3 Å². The van der Waals surface area contributed by atoms with Gasteiger partial charge in [0.15, 0.2) is 0 Å². The van der Waals surface area contributed by atoms with Gasteiger partial charge in [0.2, 0.25) is 17.8 Å². The largest absolute Gasteiger partial charge is 0.354 e. The molecule has 1 aromatic carbocycles. The minimum atomic E-state index is -0.0143. The SMILES string of the molecule is CCNC(=O)N1CCN(c2nc(NC[C@@H]3CCC4C[C@@H]3C4(C)C)nc(Nc3ccc4ncsc4c3)n2)CC1. The fourth-order valence-electron chi connectivity index (χ4n) is 6.50. The van der Waals surface area contributed by atoms with Crippen LogP contribution in [0.4, 0.5) is 28.3 Å². The van der Waals surface area contributed by atoms with Gasteiger partial charge in [0, 0.05) is 45.0 Å². The average molecular weight is 536 g/mol. The zero-order chi connectivity index (χ0) is 26.3. The Balaban J connectivity index is 1.20. The molecule has 0 spiro atoms. The maximum absolute atomic E-state index is 12.3. The number of amides is 2. The first-order valence-electron chi connectivity index (χ1n) is 13.8. The van der Waals surface area contributed by atoms with Crippen LogP contribution in [0.3, 0.4) is 0 Å². The summed E-state index contributed by atoms with van der Waals surface area (Å²) < 4.78 is 1.11. The molecule has 3 heterocycles. The molecule has 10 nitrogen and oxygen atoms in total. The van der Waals surface area contributed by atoms with E-state index < -0.39 is 0 Å². The fraction of sp³-hybridized carbons (Fsp3) is 0.593. The molecule has 202 valence electrons. The van der Waals surface area contributed by atoms with Crippen LogP contribution in [0.2, 0.25) is 0 Å². The van der Waals surface area contributed by atoms with E-state index in [0.29, 0.717) is 61.9 Å². The van der Waals surface area contributed by atoms with E-state index >= 15 is 0 Å². The van der Waals surface area contributed by atoms with Crippen molar-refractivity contribution in [3.05, 3.63) is 23.7 Å². The Kier molecular flexibility index (Phi) is 6.71. The summed E-state index contributed by atoms with van der Waals surface area (Å²) in [7, 11) is 0. The maximum atomic E-state index is 12.3. The highest BCUT2D eigenvalue weighted by atomic mass is 32.1. The molecule has 4 fully saturated rings. The Morgan fingerprint density at radius 2 is 1.92 bits per heavy atom. The third-order valence-electron chi connectivity index (χ3n) is 8.91. The molecule has 38 heavy (non-hydrogen) atoms. The summed E-state index contributed by atoms with van der Waals surface area (Å²) in [5.74, 6) is 4.04. The quantitative estimate of drug-likeness (QED) is 0.404. The molecule has 3 atom stereocenters. The molecule has 3 N–H and O–H groups in total. The Morgan fingerprint density at radius 1 is 1.11 bits per heavy atom. The molecular weight excluding hydrogens is 498 g/mol. The lowest BCUT2D eigenvalue weighted by Gasteiger charge is -2.60. The van der Waals surface area contributed by atoms with Crippen molar-refractivity contribution in [2.45, 2.75) is 40.0 Å². The minimum absolute atomic E-state index is 0.0143. The van der Waals surface area contributed by atoms with Gasteiger partial charge in [-0.2, -0.15) is 15.0 Å². The Labute approximate surface area is 227 Å². The summed E-state index contributed by atoms with van der Waals surface area (Å²) in [4.78, 5) is 35.0. The number of aromatic nitrogens is 4. The van der Waals surface area contributed by atoms with Crippen molar-refractivity contribution in [1.82, 2.24) is 30.2 Å². The predicted octanol–water partition coefficient (Wildman–Crippen LogP) is 4.56. The zero-order valence-electron chi connectivity index (χ0n) is 22.4. The van der Waals surface area contributed by atoms with Crippen LogP contribution in [0, 0.1) is 23.2 Å². The highest BCUT2D eigenvalue weighted by Gasteiger charge is 2.53. The fourth-order valence-corrected chi connectivity index (χ4v) is 7.22. The van der Waals surface area contributed by atoms with E-state index in [1.54, 1.807) is 11.3 Å². The van der Waals surface area contributed by atoms with Gasteiger partial charge in [-0.1, -0.05) is 13.8 Å². The molecule has 4 aliphatic rings. The molecule has 1 saturated heterocycles. The topological polar surface area (TPSA) is 111 Å². The molecule has 7 rings (SSSR count). The summed E-state index contributed by atoms with van der Waals surface area (Å²) >= 11 is 1.61. The number of urea groups is 1. The van der Waals surface area contributed by atoms with Crippen LogP contribution in [0.5, 0.6) is 0 Å². The molecule has 1 aliphatic heterocycles. The number of piperazine rings is 1. The molecule has 0 radical (unpaired) electrons. The number of hydrogen-bond acceptors (Lipinski definition) is 9. The number of nitrogens with one attached hydrogen (secondary N) is 3. The van der Waals surface area contributed by atoms with Gasteiger partial charge in [-0.3, -0.25) is 0 Å². The number of carbonyl (C=O) groups excluding carboxylic acids is 1. The number of benzene rings is 1.